The Morgan fingerprint density at radius 1 is 1.19 bits per heavy atom. The Balaban J connectivity index is 1.45. The zero-order chi connectivity index (χ0) is 34.1. The molecule has 12 nitrogen and oxygen atoms in total. The summed E-state index contributed by atoms with van der Waals surface area (Å²) in [5.41, 5.74) is 0.804. The molecule has 47 heavy (non-hydrogen) atoms. The summed E-state index contributed by atoms with van der Waals surface area (Å²) in [6.45, 7) is 9.89. The summed E-state index contributed by atoms with van der Waals surface area (Å²) >= 11 is 0. The van der Waals surface area contributed by atoms with Gasteiger partial charge in [0.25, 0.3) is 0 Å². The summed E-state index contributed by atoms with van der Waals surface area (Å²) in [6.07, 6.45) is 5.15. The SMILES string of the molecule is CO[C@]12CC[C@](C)(O1)[C@@H](OC(=O)CCc1cn(C)cn1)C[C@@H]1[C@H](/C=C\2CO[C@@H]2OC[C@@H](O)[C@@H](O)[C@@H]2OC(C)=O)[C@@H](C(C)C)CC[C@@H]1C. The molecular weight excluding hydrogens is 608 g/mol. The number of rotatable bonds is 10. The van der Waals surface area contributed by atoms with Crippen LogP contribution < -0.4 is 0 Å². The Morgan fingerprint density at radius 3 is 2.62 bits per heavy atom. The van der Waals surface area contributed by atoms with Gasteiger partial charge in [-0.1, -0.05) is 33.3 Å². The molecule has 1 aromatic heterocycles. The van der Waals surface area contributed by atoms with Crippen molar-refractivity contribution in [2.75, 3.05) is 20.3 Å². The van der Waals surface area contributed by atoms with E-state index in [1.807, 2.05) is 24.7 Å². The van der Waals surface area contributed by atoms with Crippen molar-refractivity contribution in [2.24, 2.45) is 36.6 Å². The second-order valence-corrected chi connectivity index (χ2v) is 14.7. The monoisotopic (exact) mass is 662 g/mol. The van der Waals surface area contributed by atoms with Crippen molar-refractivity contribution >= 4 is 11.9 Å². The molecule has 0 amide bonds. The first-order valence-electron chi connectivity index (χ1n) is 17.1. The fourth-order valence-electron chi connectivity index (χ4n) is 8.22. The highest BCUT2D eigenvalue weighted by atomic mass is 16.7. The lowest BCUT2D eigenvalue weighted by Gasteiger charge is -2.45. The molecule has 0 unspecified atom stereocenters. The highest BCUT2D eigenvalue weighted by Crippen LogP contribution is 2.53. The van der Waals surface area contributed by atoms with Gasteiger partial charge < -0.3 is 43.2 Å². The highest BCUT2D eigenvalue weighted by Gasteiger charge is 2.57. The van der Waals surface area contributed by atoms with E-state index < -0.39 is 48.1 Å². The van der Waals surface area contributed by atoms with E-state index in [0.717, 1.165) is 24.1 Å². The van der Waals surface area contributed by atoms with Gasteiger partial charge in [-0.3, -0.25) is 9.59 Å². The van der Waals surface area contributed by atoms with Crippen LogP contribution in [0.4, 0.5) is 0 Å². The van der Waals surface area contributed by atoms with Gasteiger partial charge >= 0.3 is 11.9 Å². The molecule has 1 aliphatic carbocycles. The lowest BCUT2D eigenvalue weighted by Crippen LogP contribution is -2.55. The first kappa shape index (κ1) is 35.9. The Morgan fingerprint density at radius 2 is 1.96 bits per heavy atom. The molecule has 0 radical (unpaired) electrons. The van der Waals surface area contributed by atoms with Crippen LogP contribution in [0, 0.1) is 29.6 Å². The predicted molar refractivity (Wildman–Crippen MR) is 170 cm³/mol. The highest BCUT2D eigenvalue weighted by molar-refractivity contribution is 5.70. The van der Waals surface area contributed by atoms with Crippen molar-refractivity contribution in [3.05, 3.63) is 29.9 Å². The topological polar surface area (TPSA) is 148 Å². The van der Waals surface area contributed by atoms with Crippen LogP contribution in [-0.4, -0.2) is 94.1 Å². The van der Waals surface area contributed by atoms with Gasteiger partial charge in [0.1, 0.15) is 23.9 Å². The number of methoxy groups -OCH3 is 1. The lowest BCUT2D eigenvalue weighted by atomic mass is 9.61. The summed E-state index contributed by atoms with van der Waals surface area (Å²) < 4.78 is 38.7. The minimum absolute atomic E-state index is 0.0200. The first-order valence-corrected chi connectivity index (χ1v) is 17.1. The number of ether oxygens (including phenoxy) is 6. The lowest BCUT2D eigenvalue weighted by molar-refractivity contribution is -0.279. The summed E-state index contributed by atoms with van der Waals surface area (Å²) in [6, 6.07) is 0. The number of nitrogens with zero attached hydrogens (tertiary/aromatic N) is 2. The number of carbonyl (C=O) groups excluding carboxylic acids is 2. The minimum atomic E-state index is -1.36. The second-order valence-electron chi connectivity index (χ2n) is 14.7. The normalized spacial score (nSPS) is 40.0. The quantitative estimate of drug-likeness (QED) is 0.280. The van der Waals surface area contributed by atoms with E-state index >= 15 is 0 Å². The Kier molecular flexibility index (Phi) is 11.2. The maximum atomic E-state index is 13.4. The molecule has 3 fully saturated rings. The molecule has 2 N–H and O–H groups in total. The van der Waals surface area contributed by atoms with E-state index in [4.69, 9.17) is 28.4 Å². The number of aryl methyl sites for hydroxylation is 2. The van der Waals surface area contributed by atoms with E-state index in [1.54, 1.807) is 13.4 Å². The molecule has 5 rings (SSSR count). The summed E-state index contributed by atoms with van der Waals surface area (Å²) in [5.74, 6) is -0.538. The third-order valence-corrected chi connectivity index (χ3v) is 11.0. The van der Waals surface area contributed by atoms with Gasteiger partial charge in [0, 0.05) is 45.7 Å². The van der Waals surface area contributed by atoms with Crippen molar-refractivity contribution in [3.8, 4) is 0 Å². The molecule has 2 saturated heterocycles. The van der Waals surface area contributed by atoms with Crippen LogP contribution in [0.5, 0.6) is 0 Å². The second kappa shape index (κ2) is 14.6. The number of aliphatic hydroxyl groups is 2. The number of fused-ring (bicyclic) bond motifs is 3. The van der Waals surface area contributed by atoms with Crippen LogP contribution in [-0.2, 0) is 51.5 Å². The number of aliphatic hydroxyl groups excluding tert-OH is 2. The van der Waals surface area contributed by atoms with Crippen LogP contribution >= 0.6 is 0 Å². The fraction of sp³-hybridized carbons (Fsp3) is 0.800. The van der Waals surface area contributed by atoms with Crippen LogP contribution in [0.1, 0.15) is 78.8 Å². The van der Waals surface area contributed by atoms with E-state index in [1.165, 1.54) is 6.92 Å². The van der Waals surface area contributed by atoms with E-state index in [0.29, 0.717) is 43.4 Å². The Labute approximate surface area is 278 Å². The number of esters is 2. The third kappa shape index (κ3) is 7.78. The molecule has 12 heteroatoms. The van der Waals surface area contributed by atoms with Crippen molar-refractivity contribution in [3.63, 3.8) is 0 Å². The van der Waals surface area contributed by atoms with Crippen molar-refractivity contribution in [2.45, 2.75) is 122 Å². The summed E-state index contributed by atoms with van der Waals surface area (Å²) in [7, 11) is 3.52. The average molecular weight is 663 g/mol. The zero-order valence-electron chi connectivity index (χ0n) is 28.9. The number of imidazole rings is 1. The van der Waals surface area contributed by atoms with Crippen LogP contribution in [0.3, 0.4) is 0 Å². The molecule has 0 aromatic carbocycles. The molecule has 1 saturated carbocycles. The van der Waals surface area contributed by atoms with E-state index in [-0.39, 0.29) is 37.4 Å². The third-order valence-electron chi connectivity index (χ3n) is 11.0. The number of allylic oxidation sites excluding steroid dienone is 1. The molecule has 264 valence electrons. The molecule has 1 aromatic rings. The van der Waals surface area contributed by atoms with Crippen LogP contribution in [0.25, 0.3) is 0 Å². The number of carbonyl (C=O) groups is 2. The number of hydrogen-bond acceptors (Lipinski definition) is 11. The predicted octanol–water partition coefficient (Wildman–Crippen LogP) is 3.47. The molecular formula is C35H54N2O10. The largest absolute Gasteiger partial charge is 0.459 e. The molecule has 2 bridgehead atoms. The molecule has 4 aliphatic rings. The van der Waals surface area contributed by atoms with E-state index in [9.17, 15) is 19.8 Å². The van der Waals surface area contributed by atoms with Gasteiger partial charge in [-0.15, -0.1) is 0 Å². The van der Waals surface area contributed by atoms with Gasteiger partial charge in [-0.25, -0.2) is 4.98 Å². The maximum absolute atomic E-state index is 13.4. The smallest absolute Gasteiger partial charge is 0.306 e. The van der Waals surface area contributed by atoms with Crippen LogP contribution in [0.2, 0.25) is 0 Å². The Bertz CT molecular complexity index is 1280. The zero-order valence-corrected chi connectivity index (χ0v) is 28.9. The molecule has 3 aliphatic heterocycles. The fourth-order valence-corrected chi connectivity index (χ4v) is 8.22. The minimum Gasteiger partial charge on any atom is -0.459 e. The first-order chi connectivity index (χ1) is 22.2. The average Bonchev–Trinajstić information content (AvgIpc) is 3.61. The van der Waals surface area contributed by atoms with Crippen molar-refractivity contribution < 1.29 is 48.2 Å². The van der Waals surface area contributed by atoms with Crippen molar-refractivity contribution in [1.82, 2.24) is 9.55 Å². The maximum Gasteiger partial charge on any atom is 0.306 e. The molecule has 4 heterocycles. The van der Waals surface area contributed by atoms with Gasteiger partial charge in [0.15, 0.2) is 18.2 Å². The van der Waals surface area contributed by atoms with Crippen LogP contribution in [0.15, 0.2) is 24.2 Å². The molecule has 0 spiro atoms. The summed E-state index contributed by atoms with van der Waals surface area (Å²) in [4.78, 5) is 29.6. The van der Waals surface area contributed by atoms with Gasteiger partial charge in [-0.05, 0) is 55.8 Å². The number of hydrogen-bond donors (Lipinski definition) is 2. The number of aromatic nitrogens is 2. The van der Waals surface area contributed by atoms with E-state index in [2.05, 4.69) is 31.8 Å². The van der Waals surface area contributed by atoms with Gasteiger partial charge in [0.2, 0.25) is 0 Å². The van der Waals surface area contributed by atoms with Gasteiger partial charge in [0.05, 0.1) is 31.7 Å². The standard InChI is InChI=1S/C35H54N2O10/c1-20(2)25-10-8-21(3)26-15-29(46-30(40)11-9-24-16-37(6)19-36-24)34(5)12-13-35(42-7,47-34)23(14-27(25)26)17-43-33-32(45-22(4)38)31(41)28(39)18-44-33/h14,16,19-21,25-29,31-33,39,41H,8-13,15,17-18H2,1-7H3/b23-14-/t21-,25+,26-,27+,28+,29-,31+,32-,33+,34-,35+/m0/s1. The van der Waals surface area contributed by atoms with Gasteiger partial charge in [-0.2, -0.15) is 0 Å². The Hall–Kier alpha value is -2.35. The van der Waals surface area contributed by atoms with Crippen molar-refractivity contribution in [1.29, 1.82) is 0 Å². The molecule has 11 atom stereocenters. The summed E-state index contributed by atoms with van der Waals surface area (Å²) in [5, 5.41) is 20.8.